The molecular weight excluding hydrogens is 292 g/mol. The lowest BCUT2D eigenvalue weighted by atomic mass is 9.95. The molecule has 6 heteroatoms. The summed E-state index contributed by atoms with van der Waals surface area (Å²) in [5.41, 5.74) is -0.428. The van der Waals surface area contributed by atoms with E-state index in [1.807, 2.05) is 25.7 Å². The van der Waals surface area contributed by atoms with Crippen molar-refractivity contribution in [1.29, 1.82) is 0 Å². The number of carbonyl (C=O) groups excluding carboxylic acids is 1. The van der Waals surface area contributed by atoms with E-state index in [4.69, 9.17) is 4.74 Å². The maximum absolute atomic E-state index is 12.2. The topological polar surface area (TPSA) is 66.0 Å². The van der Waals surface area contributed by atoms with Gasteiger partial charge in [-0.2, -0.15) is 0 Å². The summed E-state index contributed by atoms with van der Waals surface area (Å²) in [6.45, 7) is 11.2. The van der Waals surface area contributed by atoms with Crippen LogP contribution in [0.5, 0.6) is 0 Å². The van der Waals surface area contributed by atoms with E-state index >= 15 is 0 Å². The maximum Gasteiger partial charge on any atom is 0.410 e. The minimum absolute atomic E-state index is 0.185. The number of ether oxygens (including phenoxy) is 1. The van der Waals surface area contributed by atoms with Crippen LogP contribution in [0.3, 0.4) is 0 Å². The Morgan fingerprint density at radius 2 is 2.00 bits per heavy atom. The molecule has 0 aromatic carbocycles. The Hall–Kier alpha value is -1.46. The highest BCUT2D eigenvalue weighted by atomic mass is 16.6. The lowest BCUT2D eigenvalue weighted by molar-refractivity contribution is 0.0162. The molecule has 1 heterocycles. The molecule has 0 saturated carbocycles. The van der Waals surface area contributed by atoms with Crippen LogP contribution >= 0.6 is 0 Å². The summed E-state index contributed by atoms with van der Waals surface area (Å²) < 4.78 is 5.47. The van der Waals surface area contributed by atoms with Gasteiger partial charge in [0.25, 0.3) is 0 Å². The molecule has 0 spiro atoms. The molecule has 0 aliphatic carbocycles. The summed E-state index contributed by atoms with van der Waals surface area (Å²) in [7, 11) is 1.79. The van der Waals surface area contributed by atoms with E-state index in [2.05, 4.69) is 22.5 Å². The lowest BCUT2D eigenvalue weighted by Crippen LogP contribution is -2.44. The van der Waals surface area contributed by atoms with Crippen molar-refractivity contribution in [2.75, 3.05) is 33.2 Å². The average Bonchev–Trinajstić information content (AvgIpc) is 2.49. The Kier molecular flexibility index (Phi) is 8.20. The third-order valence-corrected chi connectivity index (χ3v) is 3.78. The number of likely N-dealkylation sites (tertiary alicyclic amines) is 1. The average molecular weight is 326 g/mol. The molecule has 1 saturated heterocycles. The van der Waals surface area contributed by atoms with Crippen LogP contribution < -0.4 is 10.6 Å². The smallest absolute Gasteiger partial charge is 0.410 e. The molecule has 1 atom stereocenters. The number of nitrogens with zero attached hydrogens (tertiary/aromatic N) is 2. The molecule has 1 rings (SSSR count). The lowest BCUT2D eigenvalue weighted by Gasteiger charge is -2.34. The number of hydrogen-bond donors (Lipinski definition) is 2. The molecule has 1 aliphatic rings. The molecule has 2 N–H and O–H groups in total. The van der Waals surface area contributed by atoms with Gasteiger partial charge >= 0.3 is 6.09 Å². The first-order valence-electron chi connectivity index (χ1n) is 8.78. The van der Waals surface area contributed by atoms with Gasteiger partial charge in [-0.25, -0.2) is 4.79 Å². The van der Waals surface area contributed by atoms with Gasteiger partial charge < -0.3 is 20.3 Å². The number of hydrogen-bond acceptors (Lipinski definition) is 3. The molecule has 0 radical (unpaired) electrons. The van der Waals surface area contributed by atoms with Crippen molar-refractivity contribution in [2.24, 2.45) is 10.9 Å². The number of aliphatic imine (C=N–C) groups is 1. The molecule has 1 unspecified atom stereocenters. The first kappa shape index (κ1) is 19.6. The molecule has 0 bridgehead atoms. The molecule has 0 aromatic heterocycles. The highest BCUT2D eigenvalue weighted by Gasteiger charge is 2.27. The van der Waals surface area contributed by atoms with Crippen LogP contribution in [0.1, 0.15) is 53.4 Å². The Morgan fingerprint density at radius 3 is 2.61 bits per heavy atom. The minimum atomic E-state index is -0.428. The molecule has 6 nitrogen and oxygen atoms in total. The van der Waals surface area contributed by atoms with E-state index in [-0.39, 0.29) is 6.09 Å². The van der Waals surface area contributed by atoms with Crippen LogP contribution in [0.2, 0.25) is 0 Å². The fourth-order valence-corrected chi connectivity index (χ4v) is 2.65. The van der Waals surface area contributed by atoms with Crippen molar-refractivity contribution in [1.82, 2.24) is 15.5 Å². The summed E-state index contributed by atoms with van der Waals surface area (Å²) in [6, 6.07) is 0. The Labute approximate surface area is 141 Å². The molecular formula is C17H34N4O2. The number of rotatable bonds is 5. The summed E-state index contributed by atoms with van der Waals surface area (Å²) in [6.07, 6.45) is 4.14. The predicted octanol–water partition coefficient (Wildman–Crippen LogP) is 2.60. The first-order chi connectivity index (χ1) is 10.9. The summed E-state index contributed by atoms with van der Waals surface area (Å²) >= 11 is 0. The van der Waals surface area contributed by atoms with Gasteiger partial charge in [-0.05, 0) is 52.4 Å². The Bertz CT molecular complexity index is 391. The number of amides is 1. The van der Waals surface area contributed by atoms with Crippen LogP contribution in [0, 0.1) is 5.92 Å². The highest BCUT2D eigenvalue weighted by molar-refractivity contribution is 5.79. The maximum atomic E-state index is 12.2. The van der Waals surface area contributed by atoms with Gasteiger partial charge in [0.05, 0.1) is 0 Å². The zero-order chi connectivity index (χ0) is 17.3. The second-order valence-corrected chi connectivity index (χ2v) is 7.15. The molecule has 0 aromatic rings. The van der Waals surface area contributed by atoms with Crippen LogP contribution in [0.4, 0.5) is 4.79 Å². The monoisotopic (exact) mass is 326 g/mol. The first-order valence-corrected chi connectivity index (χ1v) is 8.78. The van der Waals surface area contributed by atoms with Gasteiger partial charge in [0.15, 0.2) is 5.96 Å². The number of guanidine groups is 1. The Balaban J connectivity index is 2.34. The zero-order valence-electron chi connectivity index (χ0n) is 15.4. The van der Waals surface area contributed by atoms with E-state index < -0.39 is 5.60 Å². The van der Waals surface area contributed by atoms with Crippen LogP contribution in [-0.4, -0.2) is 55.8 Å². The van der Waals surface area contributed by atoms with E-state index in [1.54, 1.807) is 7.05 Å². The summed E-state index contributed by atoms with van der Waals surface area (Å²) in [4.78, 5) is 18.2. The summed E-state index contributed by atoms with van der Waals surface area (Å²) in [5.74, 6) is 1.37. The van der Waals surface area contributed by atoms with Gasteiger partial charge in [0, 0.05) is 33.2 Å². The molecule has 1 aliphatic heterocycles. The second-order valence-electron chi connectivity index (χ2n) is 7.15. The molecule has 134 valence electrons. The van der Waals surface area contributed by atoms with Gasteiger partial charge in [0.2, 0.25) is 0 Å². The van der Waals surface area contributed by atoms with Crippen molar-refractivity contribution in [2.45, 2.75) is 59.0 Å². The number of carbonyl (C=O) groups is 1. The van der Waals surface area contributed by atoms with Gasteiger partial charge in [-0.15, -0.1) is 0 Å². The van der Waals surface area contributed by atoms with Crippen molar-refractivity contribution in [3.05, 3.63) is 0 Å². The Morgan fingerprint density at radius 1 is 1.30 bits per heavy atom. The third-order valence-electron chi connectivity index (χ3n) is 3.78. The quantitative estimate of drug-likeness (QED) is 0.602. The zero-order valence-corrected chi connectivity index (χ0v) is 15.4. The fraction of sp³-hybridized carbons (Fsp3) is 0.882. The summed E-state index contributed by atoms with van der Waals surface area (Å²) in [5, 5.41) is 6.60. The molecule has 23 heavy (non-hydrogen) atoms. The van der Waals surface area contributed by atoms with E-state index in [1.165, 1.54) is 6.42 Å². The normalized spacial score (nSPS) is 19.4. The van der Waals surface area contributed by atoms with E-state index in [0.717, 1.165) is 51.4 Å². The van der Waals surface area contributed by atoms with Crippen LogP contribution in [0.15, 0.2) is 4.99 Å². The molecule has 1 fully saturated rings. The van der Waals surface area contributed by atoms with Crippen LogP contribution in [0.25, 0.3) is 0 Å². The SMILES string of the molecule is CCCNC(=NC)NCCC1CCCN(C(=O)OC(C)(C)C)C1. The van der Waals surface area contributed by atoms with Gasteiger partial charge in [-0.1, -0.05) is 6.92 Å². The van der Waals surface area contributed by atoms with Crippen molar-refractivity contribution < 1.29 is 9.53 Å². The van der Waals surface area contributed by atoms with Crippen molar-refractivity contribution in [3.8, 4) is 0 Å². The van der Waals surface area contributed by atoms with E-state index in [9.17, 15) is 4.79 Å². The highest BCUT2D eigenvalue weighted by Crippen LogP contribution is 2.21. The van der Waals surface area contributed by atoms with Gasteiger partial charge in [0.1, 0.15) is 5.60 Å². The number of nitrogens with one attached hydrogen (secondary N) is 2. The van der Waals surface area contributed by atoms with E-state index in [0.29, 0.717) is 5.92 Å². The number of piperidine rings is 1. The largest absolute Gasteiger partial charge is 0.444 e. The van der Waals surface area contributed by atoms with Crippen molar-refractivity contribution in [3.63, 3.8) is 0 Å². The van der Waals surface area contributed by atoms with Gasteiger partial charge in [-0.3, -0.25) is 4.99 Å². The third kappa shape index (κ3) is 8.09. The minimum Gasteiger partial charge on any atom is -0.444 e. The fourth-order valence-electron chi connectivity index (χ4n) is 2.65. The second kappa shape index (κ2) is 9.63. The van der Waals surface area contributed by atoms with Crippen LogP contribution in [-0.2, 0) is 4.74 Å². The standard InChI is InChI=1S/C17H34N4O2/c1-6-10-19-15(18-5)20-11-9-14-8-7-12-21(13-14)16(22)23-17(2,3)4/h14H,6-13H2,1-5H3,(H2,18,19,20). The molecule has 1 amide bonds. The van der Waals surface area contributed by atoms with Crippen molar-refractivity contribution >= 4 is 12.1 Å². The predicted molar refractivity (Wildman–Crippen MR) is 94.8 cm³/mol.